The molecule has 0 aliphatic carbocycles. The van der Waals surface area contributed by atoms with Gasteiger partial charge in [0, 0.05) is 48.3 Å². The van der Waals surface area contributed by atoms with Crippen molar-refractivity contribution in [3.63, 3.8) is 0 Å². The van der Waals surface area contributed by atoms with Gasteiger partial charge in [0.2, 0.25) is 0 Å². The fourth-order valence-electron chi connectivity index (χ4n) is 4.30. The first-order chi connectivity index (χ1) is 17.4. The zero-order valence-electron chi connectivity index (χ0n) is 20.4. The molecule has 2 amide bonds. The maximum atomic E-state index is 12.5. The van der Waals surface area contributed by atoms with Gasteiger partial charge in [-0.2, -0.15) is 5.10 Å². The van der Waals surface area contributed by atoms with Gasteiger partial charge in [-0.1, -0.05) is 11.6 Å². The van der Waals surface area contributed by atoms with Gasteiger partial charge in [-0.05, 0) is 67.9 Å². The second-order valence-electron chi connectivity index (χ2n) is 8.65. The summed E-state index contributed by atoms with van der Waals surface area (Å²) in [5.41, 5.74) is 2.92. The van der Waals surface area contributed by atoms with E-state index in [0.717, 1.165) is 30.6 Å². The first-order valence-corrected chi connectivity index (χ1v) is 12.2. The zero-order valence-corrected chi connectivity index (χ0v) is 21.1. The minimum absolute atomic E-state index is 0.0851. The molecule has 0 saturated carbocycles. The number of nitrogens with zero attached hydrogens (tertiary/aromatic N) is 3. The standard InChI is InChI=1S/C26H30ClN5O4/c1-31-23(11-12-28-31)22-16-21(30-26(34)29-20-7-5-19(27)6-8-20)9-10-24(22)36-15-14-32-13-3-4-18(17-32)25(33)35-2/h5-12,16,18H,3-4,13-15,17H2,1-2H3,(H2,29,30,34)/t18-/m0/s1. The Balaban J connectivity index is 1.42. The smallest absolute Gasteiger partial charge is 0.323 e. The summed E-state index contributed by atoms with van der Waals surface area (Å²) >= 11 is 5.91. The Morgan fingerprint density at radius 2 is 1.86 bits per heavy atom. The van der Waals surface area contributed by atoms with Crippen molar-refractivity contribution in [3.05, 3.63) is 59.8 Å². The number of methoxy groups -OCH3 is 1. The normalized spacial score (nSPS) is 15.8. The number of amides is 2. The average molecular weight is 512 g/mol. The monoisotopic (exact) mass is 511 g/mol. The Bertz CT molecular complexity index is 1200. The van der Waals surface area contributed by atoms with Crippen LogP contribution in [0.25, 0.3) is 11.3 Å². The summed E-state index contributed by atoms with van der Waals surface area (Å²) in [7, 11) is 3.29. The minimum Gasteiger partial charge on any atom is -0.492 e. The molecule has 1 aliphatic heterocycles. The van der Waals surface area contributed by atoms with Gasteiger partial charge in [-0.25, -0.2) is 4.79 Å². The predicted molar refractivity (Wildman–Crippen MR) is 139 cm³/mol. The topological polar surface area (TPSA) is 97.7 Å². The van der Waals surface area contributed by atoms with E-state index in [4.69, 9.17) is 21.1 Å². The lowest BCUT2D eigenvalue weighted by Gasteiger charge is -2.31. The van der Waals surface area contributed by atoms with Crippen LogP contribution >= 0.6 is 11.6 Å². The van der Waals surface area contributed by atoms with Gasteiger partial charge in [-0.3, -0.25) is 14.4 Å². The summed E-state index contributed by atoms with van der Waals surface area (Å²) < 4.78 is 12.8. The van der Waals surface area contributed by atoms with Crippen LogP contribution in [0.4, 0.5) is 16.2 Å². The van der Waals surface area contributed by atoms with E-state index in [2.05, 4.69) is 20.6 Å². The molecule has 0 bridgehead atoms. The first kappa shape index (κ1) is 25.5. The molecular weight excluding hydrogens is 482 g/mol. The third kappa shape index (κ3) is 6.56. The van der Waals surface area contributed by atoms with Crippen LogP contribution in [0, 0.1) is 5.92 Å². The largest absolute Gasteiger partial charge is 0.492 e. The van der Waals surface area contributed by atoms with Gasteiger partial charge >= 0.3 is 12.0 Å². The number of carbonyl (C=O) groups is 2. The molecule has 1 aromatic heterocycles. The molecular formula is C26H30ClN5O4. The minimum atomic E-state index is -0.368. The maximum absolute atomic E-state index is 12.5. The number of ether oxygens (including phenoxy) is 2. The highest BCUT2D eigenvalue weighted by atomic mass is 35.5. The molecule has 1 atom stereocenters. The average Bonchev–Trinajstić information content (AvgIpc) is 3.31. The van der Waals surface area contributed by atoms with E-state index < -0.39 is 0 Å². The van der Waals surface area contributed by atoms with Gasteiger partial charge in [0.05, 0.1) is 18.7 Å². The third-order valence-corrected chi connectivity index (χ3v) is 6.39. The SMILES string of the molecule is COC(=O)[C@H]1CCCN(CCOc2ccc(NC(=O)Nc3ccc(Cl)cc3)cc2-c2ccnn2C)C1. The number of anilines is 2. The third-order valence-electron chi connectivity index (χ3n) is 6.14. The van der Waals surface area contributed by atoms with E-state index in [-0.39, 0.29) is 17.9 Å². The van der Waals surface area contributed by atoms with Crippen LogP contribution < -0.4 is 15.4 Å². The van der Waals surface area contributed by atoms with Crippen molar-refractivity contribution in [1.29, 1.82) is 0 Å². The number of aromatic nitrogens is 2. The van der Waals surface area contributed by atoms with Crippen molar-refractivity contribution in [2.75, 3.05) is 44.0 Å². The number of esters is 1. The molecule has 4 rings (SSSR count). The number of halogens is 1. The second kappa shape index (κ2) is 11.9. The summed E-state index contributed by atoms with van der Waals surface area (Å²) in [5.74, 6) is 0.448. The fourth-order valence-corrected chi connectivity index (χ4v) is 4.43. The molecule has 2 N–H and O–H groups in total. The molecule has 0 unspecified atom stereocenters. The molecule has 2 aromatic carbocycles. The molecule has 2 heterocycles. The lowest BCUT2D eigenvalue weighted by molar-refractivity contribution is -0.147. The number of piperidine rings is 1. The van der Waals surface area contributed by atoms with Gasteiger partial charge in [0.15, 0.2) is 0 Å². The van der Waals surface area contributed by atoms with Gasteiger partial charge in [0.1, 0.15) is 12.4 Å². The Hall–Kier alpha value is -3.56. The van der Waals surface area contributed by atoms with Crippen molar-refractivity contribution in [1.82, 2.24) is 14.7 Å². The van der Waals surface area contributed by atoms with Crippen LogP contribution in [0.5, 0.6) is 5.75 Å². The number of urea groups is 1. The van der Waals surface area contributed by atoms with E-state index in [9.17, 15) is 9.59 Å². The zero-order chi connectivity index (χ0) is 25.5. The van der Waals surface area contributed by atoms with Crippen molar-refractivity contribution in [2.45, 2.75) is 12.8 Å². The number of carbonyl (C=O) groups excluding carboxylic acids is 2. The lowest BCUT2D eigenvalue weighted by Crippen LogP contribution is -2.41. The number of benzene rings is 2. The van der Waals surface area contributed by atoms with E-state index in [0.29, 0.717) is 41.8 Å². The van der Waals surface area contributed by atoms with Gasteiger partial charge < -0.3 is 20.1 Å². The van der Waals surface area contributed by atoms with Crippen LogP contribution in [-0.4, -0.2) is 60.0 Å². The molecule has 1 fully saturated rings. The molecule has 1 saturated heterocycles. The molecule has 36 heavy (non-hydrogen) atoms. The van der Waals surface area contributed by atoms with Crippen LogP contribution in [0.3, 0.4) is 0 Å². The van der Waals surface area contributed by atoms with E-state index in [1.54, 1.807) is 41.2 Å². The number of rotatable bonds is 8. The Kier molecular flexibility index (Phi) is 8.45. The molecule has 0 radical (unpaired) electrons. The number of nitrogens with one attached hydrogen (secondary N) is 2. The van der Waals surface area contributed by atoms with Crippen LogP contribution in [0.2, 0.25) is 5.02 Å². The van der Waals surface area contributed by atoms with Crippen molar-refractivity contribution < 1.29 is 19.1 Å². The van der Waals surface area contributed by atoms with Crippen molar-refractivity contribution >= 4 is 35.0 Å². The van der Waals surface area contributed by atoms with Crippen molar-refractivity contribution in [3.8, 4) is 17.0 Å². The lowest BCUT2D eigenvalue weighted by atomic mass is 9.98. The summed E-state index contributed by atoms with van der Waals surface area (Å²) in [6.45, 7) is 2.76. The highest BCUT2D eigenvalue weighted by molar-refractivity contribution is 6.30. The molecule has 190 valence electrons. The number of aryl methyl sites for hydroxylation is 1. The summed E-state index contributed by atoms with van der Waals surface area (Å²) in [6.07, 6.45) is 3.53. The maximum Gasteiger partial charge on any atom is 0.323 e. The fraction of sp³-hybridized carbons (Fsp3) is 0.346. The molecule has 9 nitrogen and oxygen atoms in total. The second-order valence-corrected chi connectivity index (χ2v) is 9.08. The summed E-state index contributed by atoms with van der Waals surface area (Å²) in [6, 6.07) is 13.9. The highest BCUT2D eigenvalue weighted by Gasteiger charge is 2.26. The summed E-state index contributed by atoms with van der Waals surface area (Å²) in [5, 5.41) is 10.5. The molecule has 1 aliphatic rings. The van der Waals surface area contributed by atoms with E-state index >= 15 is 0 Å². The highest BCUT2D eigenvalue weighted by Crippen LogP contribution is 2.32. The van der Waals surface area contributed by atoms with Gasteiger partial charge in [0.25, 0.3) is 0 Å². The Labute approximate surface area is 215 Å². The Morgan fingerprint density at radius 1 is 1.11 bits per heavy atom. The summed E-state index contributed by atoms with van der Waals surface area (Å²) in [4.78, 5) is 26.7. The van der Waals surface area contributed by atoms with Crippen molar-refractivity contribution in [2.24, 2.45) is 13.0 Å². The predicted octanol–water partition coefficient (Wildman–Crippen LogP) is 4.65. The first-order valence-electron chi connectivity index (χ1n) is 11.8. The van der Waals surface area contributed by atoms with Crippen LogP contribution in [0.1, 0.15) is 12.8 Å². The number of hydrogen-bond donors (Lipinski definition) is 2. The number of hydrogen-bond acceptors (Lipinski definition) is 6. The molecule has 3 aromatic rings. The quantitative estimate of drug-likeness (QED) is 0.427. The molecule has 10 heteroatoms. The number of likely N-dealkylation sites (tertiary alicyclic amines) is 1. The van der Waals surface area contributed by atoms with Gasteiger partial charge in [-0.15, -0.1) is 0 Å². The molecule has 0 spiro atoms. The van der Waals surface area contributed by atoms with Crippen LogP contribution in [-0.2, 0) is 16.6 Å². The van der Waals surface area contributed by atoms with E-state index in [1.807, 2.05) is 25.2 Å². The van der Waals surface area contributed by atoms with E-state index in [1.165, 1.54) is 7.11 Å². The van der Waals surface area contributed by atoms with Crippen LogP contribution in [0.15, 0.2) is 54.7 Å². The Morgan fingerprint density at radius 3 is 2.58 bits per heavy atom.